The fourth-order valence-electron chi connectivity index (χ4n) is 4.31. The fraction of sp³-hybridized carbons (Fsp3) is 0.565. The number of Topliss-reactive ketones (excluding diaryl/α,β-unsaturated/α-hetero) is 1. The Balaban J connectivity index is 1.99. The van der Waals surface area contributed by atoms with E-state index in [1.54, 1.807) is 0 Å². The minimum Gasteiger partial charge on any atom is -0.302 e. The molecule has 4 heteroatoms. The third kappa shape index (κ3) is 4.16. The van der Waals surface area contributed by atoms with Crippen LogP contribution in [0.25, 0.3) is 0 Å². The van der Waals surface area contributed by atoms with E-state index in [0.29, 0.717) is 12.2 Å². The molecule has 2 aliphatic rings. The second-order valence-corrected chi connectivity index (χ2v) is 8.52. The minimum absolute atomic E-state index is 0.00283. The van der Waals surface area contributed by atoms with Gasteiger partial charge in [0, 0.05) is 30.2 Å². The van der Waals surface area contributed by atoms with Crippen molar-refractivity contribution in [3.05, 3.63) is 47.2 Å². The molecule has 1 aromatic carbocycles. The molecule has 1 atom stereocenters. The Morgan fingerprint density at radius 3 is 2.44 bits per heavy atom. The lowest BCUT2D eigenvalue weighted by molar-refractivity contribution is -0.118. The van der Waals surface area contributed by atoms with E-state index in [-0.39, 0.29) is 11.3 Å². The maximum Gasteiger partial charge on any atom is 0.161 e. The van der Waals surface area contributed by atoms with Crippen LogP contribution in [0.1, 0.15) is 53.0 Å². The molecule has 0 saturated carbocycles. The van der Waals surface area contributed by atoms with E-state index < -0.39 is 0 Å². The van der Waals surface area contributed by atoms with Crippen molar-refractivity contribution in [3.63, 3.8) is 0 Å². The molecule has 0 bridgehead atoms. The van der Waals surface area contributed by atoms with Crippen molar-refractivity contribution in [2.45, 2.75) is 47.5 Å². The van der Waals surface area contributed by atoms with Gasteiger partial charge in [-0.15, -0.1) is 0 Å². The summed E-state index contributed by atoms with van der Waals surface area (Å²) in [4.78, 5) is 15.5. The van der Waals surface area contributed by atoms with Crippen LogP contribution in [-0.2, 0) is 4.79 Å². The van der Waals surface area contributed by atoms with Crippen LogP contribution < -0.4 is 0 Å². The number of benzene rings is 1. The van der Waals surface area contributed by atoms with Gasteiger partial charge in [-0.1, -0.05) is 65.0 Å². The normalized spacial score (nSPS) is 22.1. The Kier molecular flexibility index (Phi) is 5.85. The second-order valence-electron chi connectivity index (χ2n) is 8.52. The van der Waals surface area contributed by atoms with Crippen LogP contribution in [0.3, 0.4) is 0 Å². The van der Waals surface area contributed by atoms with Gasteiger partial charge >= 0.3 is 0 Å². The summed E-state index contributed by atoms with van der Waals surface area (Å²) in [5, 5.41) is 7.20. The van der Waals surface area contributed by atoms with Gasteiger partial charge in [-0.05, 0) is 30.5 Å². The fourth-order valence-corrected chi connectivity index (χ4v) is 4.31. The highest BCUT2D eigenvalue weighted by Crippen LogP contribution is 2.43. The zero-order chi connectivity index (χ0) is 19.6. The van der Waals surface area contributed by atoms with Crippen molar-refractivity contribution in [2.24, 2.45) is 16.4 Å². The summed E-state index contributed by atoms with van der Waals surface area (Å²) in [5.41, 5.74) is 4.27. The molecule has 0 N–H and O–H groups in total. The van der Waals surface area contributed by atoms with E-state index in [4.69, 9.17) is 5.10 Å². The van der Waals surface area contributed by atoms with Gasteiger partial charge < -0.3 is 4.90 Å². The minimum atomic E-state index is 0.00283. The van der Waals surface area contributed by atoms with Crippen LogP contribution in [0.4, 0.5) is 0 Å². The first-order valence-electron chi connectivity index (χ1n) is 10.3. The molecule has 4 nitrogen and oxygen atoms in total. The Morgan fingerprint density at radius 2 is 1.81 bits per heavy atom. The number of hydrazone groups is 1. The average Bonchev–Trinajstić information content (AvgIpc) is 2.63. The highest BCUT2D eigenvalue weighted by Gasteiger charge is 2.40. The first-order chi connectivity index (χ1) is 12.9. The van der Waals surface area contributed by atoms with Crippen LogP contribution in [-0.4, -0.2) is 47.6 Å². The zero-order valence-corrected chi connectivity index (χ0v) is 17.5. The lowest BCUT2D eigenvalue weighted by Gasteiger charge is -2.41. The van der Waals surface area contributed by atoms with Gasteiger partial charge in [0.2, 0.25) is 0 Å². The summed E-state index contributed by atoms with van der Waals surface area (Å²) in [6.45, 7) is 14.8. The SMILES string of the molecule is CCN(CC)CCN1N=C(c2ccccc2)C(C)C2=C1CC(C)(C)CC2=O. The van der Waals surface area contributed by atoms with Gasteiger partial charge in [-0.2, -0.15) is 5.10 Å². The Bertz CT molecular complexity index is 744. The quantitative estimate of drug-likeness (QED) is 0.751. The van der Waals surface area contributed by atoms with Gasteiger partial charge in [-0.3, -0.25) is 9.80 Å². The molecule has 1 heterocycles. The largest absolute Gasteiger partial charge is 0.302 e. The molecule has 1 aliphatic heterocycles. The van der Waals surface area contributed by atoms with E-state index in [2.05, 4.69) is 56.7 Å². The monoisotopic (exact) mass is 367 g/mol. The van der Waals surface area contributed by atoms with Crippen molar-refractivity contribution < 1.29 is 4.79 Å². The average molecular weight is 368 g/mol. The number of hydrogen-bond acceptors (Lipinski definition) is 4. The first-order valence-corrected chi connectivity index (χ1v) is 10.3. The maximum absolute atomic E-state index is 13.1. The predicted molar refractivity (Wildman–Crippen MR) is 112 cm³/mol. The molecular formula is C23H33N3O. The van der Waals surface area contributed by atoms with E-state index in [1.165, 1.54) is 0 Å². The number of hydrogen-bond donors (Lipinski definition) is 0. The Morgan fingerprint density at radius 1 is 1.15 bits per heavy atom. The lowest BCUT2D eigenvalue weighted by atomic mass is 9.71. The number of carbonyl (C=O) groups excluding carboxylic acids is 1. The molecule has 0 amide bonds. The van der Waals surface area contributed by atoms with Crippen molar-refractivity contribution in [2.75, 3.05) is 26.2 Å². The summed E-state index contributed by atoms with van der Waals surface area (Å²) >= 11 is 0. The summed E-state index contributed by atoms with van der Waals surface area (Å²) in [5.74, 6) is 0.348. The van der Waals surface area contributed by atoms with Gasteiger partial charge in [0.15, 0.2) is 5.78 Å². The Hall–Kier alpha value is -1.94. The van der Waals surface area contributed by atoms with Crippen LogP contribution in [0.15, 0.2) is 46.7 Å². The van der Waals surface area contributed by atoms with Gasteiger partial charge in [0.05, 0.1) is 12.3 Å². The van der Waals surface area contributed by atoms with Crippen LogP contribution in [0.2, 0.25) is 0 Å². The Labute approximate surface area is 163 Å². The number of rotatable bonds is 6. The van der Waals surface area contributed by atoms with E-state index >= 15 is 0 Å². The van der Waals surface area contributed by atoms with Crippen molar-refractivity contribution in [1.29, 1.82) is 0 Å². The predicted octanol–water partition coefficient (Wildman–Crippen LogP) is 4.33. The maximum atomic E-state index is 13.1. The van der Waals surface area contributed by atoms with Gasteiger partial charge in [-0.25, -0.2) is 0 Å². The highest BCUT2D eigenvalue weighted by molar-refractivity contribution is 6.11. The highest BCUT2D eigenvalue weighted by atomic mass is 16.1. The van der Waals surface area contributed by atoms with E-state index in [0.717, 1.165) is 55.1 Å². The van der Waals surface area contributed by atoms with Crippen molar-refractivity contribution in [3.8, 4) is 0 Å². The molecule has 0 aromatic heterocycles. The topological polar surface area (TPSA) is 35.9 Å². The van der Waals surface area contributed by atoms with Crippen LogP contribution >= 0.6 is 0 Å². The summed E-state index contributed by atoms with van der Waals surface area (Å²) in [6.07, 6.45) is 1.55. The van der Waals surface area contributed by atoms with Crippen LogP contribution in [0.5, 0.6) is 0 Å². The number of nitrogens with zero attached hydrogens (tertiary/aromatic N) is 3. The molecule has 146 valence electrons. The molecule has 1 aliphatic carbocycles. The van der Waals surface area contributed by atoms with Gasteiger partial charge in [0.25, 0.3) is 0 Å². The lowest BCUT2D eigenvalue weighted by Crippen LogP contribution is -2.42. The summed E-state index contributed by atoms with van der Waals surface area (Å²) in [6, 6.07) is 10.3. The van der Waals surface area contributed by atoms with E-state index in [9.17, 15) is 4.79 Å². The zero-order valence-electron chi connectivity index (χ0n) is 17.5. The molecule has 0 saturated heterocycles. The van der Waals surface area contributed by atoms with Crippen molar-refractivity contribution in [1.82, 2.24) is 9.91 Å². The molecular weight excluding hydrogens is 334 g/mol. The van der Waals surface area contributed by atoms with Crippen LogP contribution in [0, 0.1) is 11.3 Å². The summed E-state index contributed by atoms with van der Waals surface area (Å²) < 4.78 is 0. The van der Waals surface area contributed by atoms with Crippen molar-refractivity contribution >= 4 is 11.5 Å². The standard InChI is InChI=1S/C23H33N3O/c1-6-25(7-2)13-14-26-19-15-23(4,5)16-20(27)21(19)17(3)22(24-26)18-11-9-8-10-12-18/h8-12,17H,6-7,13-16H2,1-5H3. The van der Waals surface area contributed by atoms with Gasteiger partial charge in [0.1, 0.15) is 0 Å². The number of carbonyl (C=O) groups is 1. The third-order valence-electron chi connectivity index (χ3n) is 5.87. The molecule has 0 spiro atoms. The molecule has 3 rings (SSSR count). The molecule has 0 radical (unpaired) electrons. The van der Waals surface area contributed by atoms with E-state index in [1.807, 2.05) is 18.2 Å². The first kappa shape index (κ1) is 19.8. The molecule has 27 heavy (non-hydrogen) atoms. The number of likely N-dealkylation sites (N-methyl/N-ethyl adjacent to an activating group) is 1. The number of allylic oxidation sites excluding steroid dienone is 2. The molecule has 1 unspecified atom stereocenters. The number of ketones is 1. The second kappa shape index (κ2) is 7.97. The smallest absolute Gasteiger partial charge is 0.161 e. The molecule has 1 aromatic rings. The summed E-state index contributed by atoms with van der Waals surface area (Å²) in [7, 11) is 0. The molecule has 0 fully saturated rings. The third-order valence-corrected chi connectivity index (χ3v) is 5.87.